The van der Waals surface area contributed by atoms with Crippen LogP contribution < -0.4 is 9.47 Å². The van der Waals surface area contributed by atoms with E-state index in [0.29, 0.717) is 17.1 Å². The molecule has 0 fully saturated rings. The third kappa shape index (κ3) is 5.74. The van der Waals surface area contributed by atoms with Gasteiger partial charge in [-0.05, 0) is 36.8 Å². The van der Waals surface area contributed by atoms with E-state index in [-0.39, 0.29) is 19.0 Å². The van der Waals surface area contributed by atoms with E-state index in [1.54, 1.807) is 36.4 Å². The van der Waals surface area contributed by atoms with Crippen LogP contribution >= 0.6 is 15.9 Å². The fourth-order valence-corrected chi connectivity index (χ4v) is 2.41. The molecule has 0 spiro atoms. The summed E-state index contributed by atoms with van der Waals surface area (Å²) < 4.78 is 16.5. The summed E-state index contributed by atoms with van der Waals surface area (Å²) in [6, 6.07) is 12.2. The zero-order chi connectivity index (χ0) is 18.9. The van der Waals surface area contributed by atoms with E-state index in [9.17, 15) is 9.59 Å². The molecule has 0 amide bonds. The summed E-state index contributed by atoms with van der Waals surface area (Å²) >= 11 is 3.30. The first kappa shape index (κ1) is 19.7. The number of esters is 1. The van der Waals surface area contributed by atoms with Crippen LogP contribution in [0.25, 0.3) is 6.08 Å². The minimum Gasteiger partial charge on any atom is -0.493 e. The van der Waals surface area contributed by atoms with Crippen LogP contribution in [0, 0.1) is 0 Å². The molecule has 0 atom stereocenters. The monoisotopic (exact) mass is 418 g/mol. The number of halogens is 1. The molecule has 0 aliphatic carbocycles. The van der Waals surface area contributed by atoms with Crippen LogP contribution in [0.1, 0.15) is 22.8 Å². The van der Waals surface area contributed by atoms with Gasteiger partial charge in [0.1, 0.15) is 0 Å². The van der Waals surface area contributed by atoms with Gasteiger partial charge in [-0.3, -0.25) is 4.79 Å². The summed E-state index contributed by atoms with van der Waals surface area (Å²) in [5.41, 5.74) is 1.43. The Morgan fingerprint density at radius 3 is 2.42 bits per heavy atom. The van der Waals surface area contributed by atoms with Crippen LogP contribution in [0.5, 0.6) is 11.5 Å². The van der Waals surface area contributed by atoms with E-state index in [0.717, 1.165) is 10.0 Å². The number of hydrogen-bond acceptors (Lipinski definition) is 5. The molecule has 0 heterocycles. The number of allylic oxidation sites excluding steroid dienone is 1. The highest BCUT2D eigenvalue weighted by molar-refractivity contribution is 9.10. The van der Waals surface area contributed by atoms with Crippen molar-refractivity contribution >= 4 is 33.8 Å². The summed E-state index contributed by atoms with van der Waals surface area (Å²) in [6.45, 7) is 1.27. The average Bonchev–Trinajstić information content (AvgIpc) is 2.65. The molecule has 0 radical (unpaired) electrons. The van der Waals surface area contributed by atoms with Crippen LogP contribution in [0.15, 0.2) is 53.0 Å². The van der Waals surface area contributed by atoms with Gasteiger partial charge in [0.15, 0.2) is 30.5 Å². The Morgan fingerprint density at radius 1 is 1.04 bits per heavy atom. The van der Waals surface area contributed by atoms with E-state index in [1.165, 1.54) is 7.11 Å². The Hall–Kier alpha value is -2.60. The zero-order valence-electron chi connectivity index (χ0n) is 14.5. The molecule has 0 aromatic heterocycles. The van der Waals surface area contributed by atoms with E-state index < -0.39 is 5.97 Å². The Balaban J connectivity index is 1.86. The van der Waals surface area contributed by atoms with Crippen molar-refractivity contribution in [1.29, 1.82) is 0 Å². The van der Waals surface area contributed by atoms with Crippen molar-refractivity contribution in [1.82, 2.24) is 0 Å². The first-order valence-electron chi connectivity index (χ1n) is 7.91. The van der Waals surface area contributed by atoms with Crippen molar-refractivity contribution in [2.24, 2.45) is 0 Å². The minimum atomic E-state index is -0.630. The molecule has 26 heavy (non-hydrogen) atoms. The number of ether oxygens (including phenoxy) is 3. The third-order valence-corrected chi connectivity index (χ3v) is 3.95. The first-order chi connectivity index (χ1) is 12.5. The third-order valence-electron chi connectivity index (χ3n) is 3.42. The van der Waals surface area contributed by atoms with Crippen LogP contribution in [-0.2, 0) is 9.53 Å². The quantitative estimate of drug-likeness (QED) is 0.472. The average molecular weight is 419 g/mol. The molecule has 0 bridgehead atoms. The second-order valence-corrected chi connectivity index (χ2v) is 6.21. The van der Waals surface area contributed by atoms with Crippen molar-refractivity contribution in [2.45, 2.75) is 6.92 Å². The Kier molecular flexibility index (Phi) is 7.41. The minimum absolute atomic E-state index is 0.279. The SMILES string of the molecule is CC=Cc1ccc(OCC(=O)OCC(=O)c2ccc(Br)cc2)c(OC)c1. The van der Waals surface area contributed by atoms with Gasteiger partial charge in [-0.25, -0.2) is 4.79 Å². The van der Waals surface area contributed by atoms with Gasteiger partial charge < -0.3 is 14.2 Å². The van der Waals surface area contributed by atoms with Crippen LogP contribution in [-0.4, -0.2) is 32.1 Å². The number of methoxy groups -OCH3 is 1. The smallest absolute Gasteiger partial charge is 0.344 e. The highest BCUT2D eigenvalue weighted by atomic mass is 79.9. The molecule has 0 aliphatic heterocycles. The standard InChI is InChI=1S/C20H19BrO5/c1-3-4-14-5-10-18(19(11-14)24-2)25-13-20(23)26-12-17(22)15-6-8-16(21)9-7-15/h3-11H,12-13H2,1-2H3. The molecule has 0 saturated carbocycles. The molecule has 2 rings (SSSR count). The van der Waals surface area contributed by atoms with Crippen LogP contribution in [0.3, 0.4) is 0 Å². The van der Waals surface area contributed by atoms with Gasteiger partial charge in [-0.1, -0.05) is 46.3 Å². The maximum absolute atomic E-state index is 12.0. The van der Waals surface area contributed by atoms with Gasteiger partial charge in [0, 0.05) is 10.0 Å². The maximum Gasteiger partial charge on any atom is 0.344 e. The normalized spacial score (nSPS) is 10.6. The Morgan fingerprint density at radius 2 is 1.77 bits per heavy atom. The number of rotatable bonds is 8. The zero-order valence-corrected chi connectivity index (χ0v) is 16.1. The first-order valence-corrected chi connectivity index (χ1v) is 8.70. The molecule has 0 unspecified atom stereocenters. The largest absolute Gasteiger partial charge is 0.493 e. The predicted octanol–water partition coefficient (Wildman–Crippen LogP) is 4.30. The number of carbonyl (C=O) groups excluding carboxylic acids is 2. The fraction of sp³-hybridized carbons (Fsp3) is 0.200. The molecule has 0 saturated heterocycles. The number of ketones is 1. The molecule has 5 nitrogen and oxygen atoms in total. The lowest BCUT2D eigenvalue weighted by Gasteiger charge is -2.11. The number of carbonyl (C=O) groups is 2. The topological polar surface area (TPSA) is 61.8 Å². The van der Waals surface area contributed by atoms with Crippen molar-refractivity contribution in [3.63, 3.8) is 0 Å². The summed E-state index contributed by atoms with van der Waals surface area (Å²) in [5, 5.41) is 0. The summed E-state index contributed by atoms with van der Waals surface area (Å²) in [6.07, 6.45) is 3.84. The van der Waals surface area contributed by atoms with Crippen molar-refractivity contribution in [3.8, 4) is 11.5 Å². The molecule has 2 aromatic rings. The summed E-state index contributed by atoms with van der Waals surface area (Å²) in [5.74, 6) is 0.0328. The van der Waals surface area contributed by atoms with E-state index >= 15 is 0 Å². The molecular weight excluding hydrogens is 400 g/mol. The fourth-order valence-electron chi connectivity index (χ4n) is 2.14. The highest BCUT2D eigenvalue weighted by Crippen LogP contribution is 2.28. The van der Waals surface area contributed by atoms with Gasteiger partial charge in [-0.2, -0.15) is 0 Å². The van der Waals surface area contributed by atoms with Gasteiger partial charge in [0.05, 0.1) is 7.11 Å². The maximum atomic E-state index is 12.0. The lowest BCUT2D eigenvalue weighted by atomic mass is 10.1. The van der Waals surface area contributed by atoms with Gasteiger partial charge >= 0.3 is 5.97 Å². The second kappa shape index (κ2) is 9.77. The van der Waals surface area contributed by atoms with Crippen molar-refractivity contribution in [3.05, 3.63) is 64.1 Å². The molecular formula is C20H19BrO5. The summed E-state index contributed by atoms with van der Waals surface area (Å²) in [4.78, 5) is 23.8. The van der Waals surface area contributed by atoms with Crippen molar-refractivity contribution in [2.75, 3.05) is 20.3 Å². The molecule has 6 heteroatoms. The van der Waals surface area contributed by atoms with Gasteiger partial charge in [0.2, 0.25) is 0 Å². The number of hydrogen-bond donors (Lipinski definition) is 0. The second-order valence-electron chi connectivity index (χ2n) is 5.29. The highest BCUT2D eigenvalue weighted by Gasteiger charge is 2.12. The molecule has 0 N–H and O–H groups in total. The van der Waals surface area contributed by atoms with E-state index in [1.807, 2.05) is 25.1 Å². The van der Waals surface area contributed by atoms with Crippen LogP contribution in [0.4, 0.5) is 0 Å². The number of benzene rings is 2. The molecule has 0 aliphatic rings. The molecule has 2 aromatic carbocycles. The lowest BCUT2D eigenvalue weighted by molar-refractivity contribution is -0.144. The van der Waals surface area contributed by atoms with E-state index in [2.05, 4.69) is 15.9 Å². The van der Waals surface area contributed by atoms with E-state index in [4.69, 9.17) is 14.2 Å². The van der Waals surface area contributed by atoms with Crippen LogP contribution in [0.2, 0.25) is 0 Å². The summed E-state index contributed by atoms with van der Waals surface area (Å²) in [7, 11) is 1.52. The predicted molar refractivity (Wildman–Crippen MR) is 103 cm³/mol. The number of Topliss-reactive ketones (excluding diaryl/α,β-unsaturated/α-hetero) is 1. The van der Waals surface area contributed by atoms with Crippen molar-refractivity contribution < 1.29 is 23.8 Å². The Labute approximate surface area is 160 Å². The lowest BCUT2D eigenvalue weighted by Crippen LogP contribution is -2.19. The Bertz CT molecular complexity index is 796. The van der Waals surface area contributed by atoms with Gasteiger partial charge in [-0.15, -0.1) is 0 Å². The molecule has 136 valence electrons. The van der Waals surface area contributed by atoms with Gasteiger partial charge in [0.25, 0.3) is 0 Å².